The summed E-state index contributed by atoms with van der Waals surface area (Å²) in [6, 6.07) is 16.0. The molecule has 0 saturated carbocycles. The van der Waals surface area contributed by atoms with Gasteiger partial charge in [0.05, 0.1) is 5.69 Å². The number of rotatable bonds is 3. The predicted octanol–water partition coefficient (Wildman–Crippen LogP) is 4.85. The van der Waals surface area contributed by atoms with Gasteiger partial charge in [0.15, 0.2) is 5.11 Å². The van der Waals surface area contributed by atoms with Gasteiger partial charge in [0, 0.05) is 17.1 Å². The SMILES string of the molecule is Cc1cccc(-n2c(C)cc(/C=C3\C(=O)NC(=S)N(c4cc(C)ccc4C)C3=O)c2C)c1. The minimum absolute atomic E-state index is 0.0593. The highest BCUT2D eigenvalue weighted by Gasteiger charge is 2.35. The maximum atomic E-state index is 13.4. The van der Waals surface area contributed by atoms with Crippen molar-refractivity contribution in [1.29, 1.82) is 0 Å². The third-order valence-corrected chi connectivity index (χ3v) is 6.02. The van der Waals surface area contributed by atoms with E-state index in [9.17, 15) is 9.59 Å². The van der Waals surface area contributed by atoms with Crippen LogP contribution in [0, 0.1) is 34.6 Å². The Morgan fingerprint density at radius 2 is 1.62 bits per heavy atom. The zero-order valence-corrected chi connectivity index (χ0v) is 19.6. The molecular formula is C26H25N3O2S. The molecule has 2 amide bonds. The fraction of sp³-hybridized carbons (Fsp3) is 0.192. The number of hydrogen-bond donors (Lipinski definition) is 1. The van der Waals surface area contributed by atoms with Crippen LogP contribution in [0.2, 0.25) is 0 Å². The number of aromatic nitrogens is 1. The van der Waals surface area contributed by atoms with Crippen molar-refractivity contribution in [2.24, 2.45) is 0 Å². The minimum Gasteiger partial charge on any atom is -0.318 e. The van der Waals surface area contributed by atoms with Crippen LogP contribution in [-0.2, 0) is 9.59 Å². The maximum Gasteiger partial charge on any atom is 0.270 e. The summed E-state index contributed by atoms with van der Waals surface area (Å²) in [7, 11) is 0. The van der Waals surface area contributed by atoms with E-state index in [1.807, 2.05) is 64.1 Å². The van der Waals surface area contributed by atoms with Gasteiger partial charge in [-0.05, 0) is 99.4 Å². The van der Waals surface area contributed by atoms with Crippen LogP contribution in [0.25, 0.3) is 11.8 Å². The van der Waals surface area contributed by atoms with E-state index in [4.69, 9.17) is 12.2 Å². The molecule has 0 bridgehead atoms. The lowest BCUT2D eigenvalue weighted by atomic mass is 10.0. The first-order valence-corrected chi connectivity index (χ1v) is 10.8. The van der Waals surface area contributed by atoms with Gasteiger partial charge in [-0.15, -0.1) is 0 Å². The van der Waals surface area contributed by atoms with E-state index in [0.29, 0.717) is 5.69 Å². The zero-order chi connectivity index (χ0) is 23.2. The molecule has 1 aliphatic heterocycles. The van der Waals surface area contributed by atoms with Crippen molar-refractivity contribution in [3.8, 4) is 5.69 Å². The number of nitrogens with one attached hydrogen (secondary N) is 1. The van der Waals surface area contributed by atoms with Crippen molar-refractivity contribution < 1.29 is 9.59 Å². The molecule has 32 heavy (non-hydrogen) atoms. The molecule has 4 rings (SSSR count). The van der Waals surface area contributed by atoms with Crippen molar-refractivity contribution in [2.45, 2.75) is 34.6 Å². The van der Waals surface area contributed by atoms with E-state index in [1.165, 1.54) is 4.90 Å². The van der Waals surface area contributed by atoms with Crippen molar-refractivity contribution in [1.82, 2.24) is 9.88 Å². The highest BCUT2D eigenvalue weighted by Crippen LogP contribution is 2.28. The van der Waals surface area contributed by atoms with Crippen LogP contribution >= 0.6 is 12.2 Å². The molecule has 1 N–H and O–H groups in total. The van der Waals surface area contributed by atoms with Crippen molar-refractivity contribution in [2.75, 3.05) is 4.90 Å². The third-order valence-electron chi connectivity index (χ3n) is 5.74. The number of nitrogens with zero attached hydrogens (tertiary/aromatic N) is 2. The average molecular weight is 444 g/mol. The number of benzene rings is 2. The number of carbonyl (C=O) groups is 2. The van der Waals surface area contributed by atoms with Crippen LogP contribution in [0.1, 0.15) is 33.6 Å². The lowest BCUT2D eigenvalue weighted by Crippen LogP contribution is -2.54. The molecule has 0 aliphatic carbocycles. The molecule has 0 unspecified atom stereocenters. The predicted molar refractivity (Wildman–Crippen MR) is 132 cm³/mol. The number of amides is 2. The monoisotopic (exact) mass is 443 g/mol. The molecule has 6 heteroatoms. The summed E-state index contributed by atoms with van der Waals surface area (Å²) in [5.74, 6) is -0.908. The Kier molecular flexibility index (Phi) is 5.57. The average Bonchev–Trinajstić information content (AvgIpc) is 3.00. The molecule has 162 valence electrons. The van der Waals surface area contributed by atoms with Gasteiger partial charge in [0.1, 0.15) is 5.57 Å². The molecule has 3 aromatic rings. The van der Waals surface area contributed by atoms with Crippen molar-refractivity contribution in [3.63, 3.8) is 0 Å². The molecule has 0 radical (unpaired) electrons. The van der Waals surface area contributed by atoms with E-state index in [0.717, 1.165) is 39.3 Å². The largest absolute Gasteiger partial charge is 0.318 e. The van der Waals surface area contributed by atoms with Crippen LogP contribution < -0.4 is 10.2 Å². The van der Waals surface area contributed by atoms with Gasteiger partial charge in [-0.3, -0.25) is 19.8 Å². The van der Waals surface area contributed by atoms with Crippen molar-refractivity contribution >= 4 is 40.9 Å². The van der Waals surface area contributed by atoms with Crippen LogP contribution in [-0.4, -0.2) is 21.5 Å². The summed E-state index contributed by atoms with van der Waals surface area (Å²) in [4.78, 5) is 27.6. The second-order valence-electron chi connectivity index (χ2n) is 8.25. The Balaban J connectivity index is 1.79. The molecule has 1 fully saturated rings. The number of aryl methyl sites for hydroxylation is 4. The Bertz CT molecular complexity index is 1320. The number of thiocarbonyl (C=S) groups is 1. The van der Waals surface area contributed by atoms with E-state index < -0.39 is 11.8 Å². The minimum atomic E-state index is -0.484. The third kappa shape index (κ3) is 3.78. The highest BCUT2D eigenvalue weighted by atomic mass is 32.1. The van der Waals surface area contributed by atoms with Crippen molar-refractivity contribution in [3.05, 3.63) is 87.7 Å². The zero-order valence-electron chi connectivity index (χ0n) is 18.8. The van der Waals surface area contributed by atoms with E-state index in [-0.39, 0.29) is 10.7 Å². The quantitative estimate of drug-likeness (QED) is 0.358. The standard InChI is InChI=1S/C26H25N3O2S/c1-15-7-6-8-21(11-15)28-18(4)13-20(19(28)5)14-22-24(30)27-26(32)29(25(22)31)23-12-16(2)9-10-17(23)3/h6-14H,1-5H3,(H,27,30,32)/b22-14+. The molecule has 0 atom stereocenters. The first-order valence-electron chi connectivity index (χ1n) is 10.4. The van der Waals surface area contributed by atoms with E-state index in [2.05, 4.69) is 28.9 Å². The second-order valence-corrected chi connectivity index (χ2v) is 8.64. The molecule has 1 aromatic heterocycles. The first-order chi connectivity index (χ1) is 15.2. The number of anilines is 1. The van der Waals surface area contributed by atoms with Crippen LogP contribution in [0.5, 0.6) is 0 Å². The van der Waals surface area contributed by atoms with Gasteiger partial charge in [0.2, 0.25) is 0 Å². The Hall–Kier alpha value is -3.51. The lowest BCUT2D eigenvalue weighted by molar-refractivity contribution is -0.122. The number of hydrogen-bond acceptors (Lipinski definition) is 3. The molecule has 2 heterocycles. The maximum absolute atomic E-state index is 13.4. The summed E-state index contributed by atoms with van der Waals surface area (Å²) in [5, 5.41) is 2.77. The topological polar surface area (TPSA) is 54.3 Å². The van der Waals surface area contributed by atoms with E-state index >= 15 is 0 Å². The molecule has 0 spiro atoms. The van der Waals surface area contributed by atoms with Gasteiger partial charge in [-0.25, -0.2) is 0 Å². The fourth-order valence-corrected chi connectivity index (χ4v) is 4.36. The van der Waals surface area contributed by atoms with Gasteiger partial charge < -0.3 is 4.57 Å². The molecule has 5 nitrogen and oxygen atoms in total. The Morgan fingerprint density at radius 3 is 2.34 bits per heavy atom. The van der Waals surface area contributed by atoms with Gasteiger partial charge in [-0.2, -0.15) is 0 Å². The normalized spacial score (nSPS) is 15.5. The second kappa shape index (κ2) is 8.20. The molecule has 2 aromatic carbocycles. The summed E-state index contributed by atoms with van der Waals surface area (Å²) in [6.45, 7) is 9.92. The van der Waals surface area contributed by atoms with Gasteiger partial charge in [-0.1, -0.05) is 24.3 Å². The lowest BCUT2D eigenvalue weighted by Gasteiger charge is -2.30. The van der Waals surface area contributed by atoms with Crippen LogP contribution in [0.3, 0.4) is 0 Å². The number of carbonyl (C=O) groups excluding carboxylic acids is 2. The summed E-state index contributed by atoms with van der Waals surface area (Å²) in [6.07, 6.45) is 1.66. The fourth-order valence-electron chi connectivity index (χ4n) is 4.09. The summed E-state index contributed by atoms with van der Waals surface area (Å²) >= 11 is 5.35. The van der Waals surface area contributed by atoms with Crippen LogP contribution in [0.15, 0.2) is 54.1 Å². The van der Waals surface area contributed by atoms with Gasteiger partial charge in [0.25, 0.3) is 11.8 Å². The summed E-state index contributed by atoms with van der Waals surface area (Å²) in [5.41, 5.74) is 7.64. The molecule has 1 saturated heterocycles. The van der Waals surface area contributed by atoms with Crippen LogP contribution in [0.4, 0.5) is 5.69 Å². The Labute approximate surface area is 193 Å². The Morgan fingerprint density at radius 1 is 0.906 bits per heavy atom. The smallest absolute Gasteiger partial charge is 0.270 e. The molecule has 1 aliphatic rings. The highest BCUT2D eigenvalue weighted by molar-refractivity contribution is 7.80. The molecular weight excluding hydrogens is 418 g/mol. The first kappa shape index (κ1) is 21.7. The summed E-state index contributed by atoms with van der Waals surface area (Å²) < 4.78 is 2.12. The van der Waals surface area contributed by atoms with E-state index in [1.54, 1.807) is 6.08 Å². The van der Waals surface area contributed by atoms with Gasteiger partial charge >= 0.3 is 0 Å².